The molecule has 0 amide bonds. The minimum Gasteiger partial charge on any atom is -0.493 e. The fourth-order valence-corrected chi connectivity index (χ4v) is 5.67. The molecule has 11 heteroatoms. The van der Waals surface area contributed by atoms with Crippen molar-refractivity contribution in [1.29, 1.82) is 0 Å². The first-order valence-corrected chi connectivity index (χ1v) is 14.5. The van der Waals surface area contributed by atoms with Crippen LogP contribution in [0.25, 0.3) is 0 Å². The Morgan fingerprint density at radius 1 is 1.24 bits per heavy atom. The summed E-state index contributed by atoms with van der Waals surface area (Å²) < 4.78 is 19.7. The van der Waals surface area contributed by atoms with Crippen molar-refractivity contribution in [2.24, 2.45) is 0 Å². The Morgan fingerprint density at radius 2 is 2.00 bits per heavy atom. The number of thioether (sulfide) groups is 1. The van der Waals surface area contributed by atoms with Gasteiger partial charge in [-0.25, -0.2) is 9.48 Å². The molecule has 8 nitrogen and oxygen atoms in total. The Kier molecular flexibility index (Phi) is 9.62. The van der Waals surface area contributed by atoms with Crippen molar-refractivity contribution in [2.75, 3.05) is 24.8 Å². The molecule has 38 heavy (non-hydrogen) atoms. The molecule has 1 unspecified atom stereocenters. The predicted octanol–water partition coefficient (Wildman–Crippen LogP) is 7.03. The molecule has 1 aliphatic heterocycles. The van der Waals surface area contributed by atoms with E-state index in [1.165, 1.54) is 0 Å². The van der Waals surface area contributed by atoms with Crippen LogP contribution in [-0.4, -0.2) is 40.2 Å². The van der Waals surface area contributed by atoms with Crippen LogP contribution in [0.2, 0.25) is 5.02 Å². The van der Waals surface area contributed by atoms with Crippen molar-refractivity contribution in [3.05, 3.63) is 68.3 Å². The average molecular weight is 622 g/mol. The standard InChI is InChI=1S/C27H30BrClN4O4S/c1-5-7-12-38-27-31-26-30-16(3)22(25(34)36-6-2)23(33(26)32-27)18-13-20(28)24(21(14-18)35-4)37-15-17-8-10-19(29)11-9-17/h8-11,13-14,23H,5-7,12,15H2,1-4H3,(H,30,31,32). The van der Waals surface area contributed by atoms with Gasteiger partial charge in [-0.05, 0) is 71.6 Å². The maximum absolute atomic E-state index is 13.1. The van der Waals surface area contributed by atoms with Crippen LogP contribution >= 0.6 is 39.3 Å². The topological polar surface area (TPSA) is 87.5 Å². The van der Waals surface area contributed by atoms with E-state index >= 15 is 0 Å². The first-order chi connectivity index (χ1) is 18.4. The molecule has 1 aliphatic rings. The van der Waals surface area contributed by atoms with E-state index in [1.807, 2.05) is 43.3 Å². The number of nitrogens with zero attached hydrogens (tertiary/aromatic N) is 3. The number of ether oxygens (including phenoxy) is 3. The predicted molar refractivity (Wildman–Crippen MR) is 153 cm³/mol. The summed E-state index contributed by atoms with van der Waals surface area (Å²) >= 11 is 11.3. The lowest BCUT2D eigenvalue weighted by atomic mass is 9.95. The number of esters is 1. The van der Waals surface area contributed by atoms with Gasteiger partial charge in [0.05, 0.1) is 23.8 Å². The van der Waals surface area contributed by atoms with E-state index in [1.54, 1.807) is 30.5 Å². The summed E-state index contributed by atoms with van der Waals surface area (Å²) in [5.74, 6) is 2.13. The molecule has 2 heterocycles. The molecular formula is C27H30BrClN4O4S. The van der Waals surface area contributed by atoms with Gasteiger partial charge in [0, 0.05) is 16.5 Å². The van der Waals surface area contributed by atoms with E-state index in [9.17, 15) is 4.79 Å². The minimum atomic E-state index is -0.575. The first-order valence-electron chi connectivity index (χ1n) is 12.3. The highest BCUT2D eigenvalue weighted by atomic mass is 79.9. The Labute approximate surface area is 240 Å². The summed E-state index contributed by atoms with van der Waals surface area (Å²) in [5, 5.41) is 9.32. The number of carbonyl (C=O) groups excluding carboxylic acids is 1. The number of hydrogen-bond donors (Lipinski definition) is 1. The van der Waals surface area contributed by atoms with Crippen molar-refractivity contribution in [3.63, 3.8) is 0 Å². The number of aromatic nitrogens is 3. The van der Waals surface area contributed by atoms with Crippen LogP contribution in [0.15, 0.2) is 57.3 Å². The molecule has 0 bridgehead atoms. The number of carbonyl (C=O) groups is 1. The van der Waals surface area contributed by atoms with Gasteiger partial charge in [0.1, 0.15) is 12.6 Å². The number of unbranched alkanes of at least 4 members (excludes halogenated alkanes) is 1. The lowest BCUT2D eigenvalue weighted by Crippen LogP contribution is -2.29. The smallest absolute Gasteiger partial charge is 0.338 e. The molecule has 1 aromatic heterocycles. The van der Waals surface area contributed by atoms with Gasteiger partial charge < -0.3 is 19.5 Å². The Bertz CT molecular complexity index is 1330. The third-order valence-electron chi connectivity index (χ3n) is 5.92. The lowest BCUT2D eigenvalue weighted by Gasteiger charge is -2.28. The number of halogens is 2. The molecule has 0 fully saturated rings. The second-order valence-corrected chi connectivity index (χ2v) is 11.0. The molecule has 0 radical (unpaired) electrons. The normalized spacial score (nSPS) is 14.6. The quantitative estimate of drug-likeness (QED) is 0.139. The van der Waals surface area contributed by atoms with Crippen molar-refractivity contribution < 1.29 is 19.0 Å². The van der Waals surface area contributed by atoms with Crippen molar-refractivity contribution in [1.82, 2.24) is 14.8 Å². The highest BCUT2D eigenvalue weighted by Gasteiger charge is 2.36. The summed E-state index contributed by atoms with van der Waals surface area (Å²) in [4.78, 5) is 17.8. The molecule has 1 atom stereocenters. The highest BCUT2D eigenvalue weighted by molar-refractivity contribution is 9.10. The van der Waals surface area contributed by atoms with Gasteiger partial charge in [0.15, 0.2) is 11.5 Å². The van der Waals surface area contributed by atoms with Gasteiger partial charge >= 0.3 is 5.97 Å². The monoisotopic (exact) mass is 620 g/mol. The van der Waals surface area contributed by atoms with E-state index in [-0.39, 0.29) is 6.61 Å². The van der Waals surface area contributed by atoms with Crippen LogP contribution in [0, 0.1) is 0 Å². The van der Waals surface area contributed by atoms with E-state index < -0.39 is 12.0 Å². The number of fused-ring (bicyclic) bond motifs is 1. The van der Waals surface area contributed by atoms with Crippen LogP contribution in [0.4, 0.5) is 5.95 Å². The summed E-state index contributed by atoms with van der Waals surface area (Å²) in [6.45, 7) is 6.37. The van der Waals surface area contributed by atoms with E-state index in [0.29, 0.717) is 50.0 Å². The van der Waals surface area contributed by atoms with Gasteiger partial charge in [-0.15, -0.1) is 5.10 Å². The zero-order valence-corrected chi connectivity index (χ0v) is 24.9. The summed E-state index contributed by atoms with van der Waals surface area (Å²) in [6, 6.07) is 10.7. The second-order valence-electron chi connectivity index (χ2n) is 8.60. The van der Waals surface area contributed by atoms with E-state index in [4.69, 9.17) is 30.9 Å². The minimum absolute atomic E-state index is 0.259. The third-order valence-corrected chi connectivity index (χ3v) is 7.69. The van der Waals surface area contributed by atoms with Gasteiger partial charge in [0.2, 0.25) is 11.1 Å². The van der Waals surface area contributed by atoms with Crippen molar-refractivity contribution >= 4 is 51.2 Å². The van der Waals surface area contributed by atoms with Gasteiger partial charge in [-0.1, -0.05) is 48.8 Å². The van der Waals surface area contributed by atoms with Crippen LogP contribution in [0.3, 0.4) is 0 Å². The number of hydrogen-bond acceptors (Lipinski definition) is 8. The molecule has 202 valence electrons. The molecule has 0 spiro atoms. The molecule has 0 saturated carbocycles. The molecule has 0 aliphatic carbocycles. The Morgan fingerprint density at radius 3 is 2.68 bits per heavy atom. The summed E-state index contributed by atoms with van der Waals surface area (Å²) in [5.41, 5.74) is 2.86. The SMILES string of the molecule is CCCCSc1nc2n(n1)C(c1cc(Br)c(OCc3ccc(Cl)cc3)c(OC)c1)C(C(=O)OCC)=C(C)N2. The highest BCUT2D eigenvalue weighted by Crippen LogP contribution is 2.43. The molecule has 3 aromatic rings. The average Bonchev–Trinajstić information content (AvgIpc) is 3.30. The number of rotatable bonds is 11. The molecular weight excluding hydrogens is 592 g/mol. The van der Waals surface area contributed by atoms with Gasteiger partial charge in [-0.3, -0.25) is 0 Å². The largest absolute Gasteiger partial charge is 0.493 e. The number of benzene rings is 2. The number of allylic oxidation sites excluding steroid dienone is 1. The number of anilines is 1. The summed E-state index contributed by atoms with van der Waals surface area (Å²) in [6.07, 6.45) is 2.16. The van der Waals surface area contributed by atoms with E-state index in [0.717, 1.165) is 29.7 Å². The van der Waals surface area contributed by atoms with Crippen LogP contribution < -0.4 is 14.8 Å². The van der Waals surface area contributed by atoms with Crippen LogP contribution in [0.5, 0.6) is 11.5 Å². The fraction of sp³-hybridized carbons (Fsp3) is 0.370. The Hall–Kier alpha value is -2.69. The maximum atomic E-state index is 13.1. The zero-order valence-electron chi connectivity index (χ0n) is 21.7. The summed E-state index contributed by atoms with van der Waals surface area (Å²) in [7, 11) is 1.58. The van der Waals surface area contributed by atoms with Crippen LogP contribution in [-0.2, 0) is 16.1 Å². The number of nitrogens with one attached hydrogen (secondary N) is 1. The van der Waals surface area contributed by atoms with E-state index in [2.05, 4.69) is 33.2 Å². The molecule has 1 N–H and O–H groups in total. The van der Waals surface area contributed by atoms with Gasteiger partial charge in [-0.2, -0.15) is 4.98 Å². The van der Waals surface area contributed by atoms with Crippen LogP contribution in [0.1, 0.15) is 50.8 Å². The van der Waals surface area contributed by atoms with Crippen molar-refractivity contribution in [2.45, 2.75) is 51.4 Å². The first kappa shape index (κ1) is 28.3. The zero-order chi connectivity index (χ0) is 27.2. The maximum Gasteiger partial charge on any atom is 0.338 e. The molecule has 0 saturated heterocycles. The van der Waals surface area contributed by atoms with Crippen molar-refractivity contribution in [3.8, 4) is 11.5 Å². The fourth-order valence-electron chi connectivity index (χ4n) is 4.06. The third kappa shape index (κ3) is 6.30. The van der Waals surface area contributed by atoms with Gasteiger partial charge in [0.25, 0.3) is 0 Å². The molecule has 2 aromatic carbocycles. The lowest BCUT2D eigenvalue weighted by molar-refractivity contribution is -0.139. The number of methoxy groups -OCH3 is 1. The second kappa shape index (κ2) is 12.9. The molecule has 4 rings (SSSR count). The Balaban J connectivity index is 1.73.